The Kier molecular flexibility index (Phi) is 5.05. The van der Waals surface area contributed by atoms with Crippen LogP contribution < -0.4 is 10.6 Å². The summed E-state index contributed by atoms with van der Waals surface area (Å²) in [6, 6.07) is 6.45. The fraction of sp³-hybridized carbons (Fsp3) is 0.600. The van der Waals surface area contributed by atoms with Crippen LogP contribution in [0.25, 0.3) is 0 Å². The Bertz CT molecular complexity index is 425. The second kappa shape index (κ2) is 6.59. The average molecular weight is 286 g/mol. The zero-order chi connectivity index (χ0) is 14.6. The number of hydrogen-bond acceptors (Lipinski definition) is 2. The average Bonchev–Trinajstić information content (AvgIpc) is 2.88. The van der Waals surface area contributed by atoms with Gasteiger partial charge in [-0.05, 0) is 44.4 Å². The molecule has 0 bridgehead atoms. The van der Waals surface area contributed by atoms with Crippen molar-refractivity contribution in [3.8, 4) is 0 Å². The van der Waals surface area contributed by atoms with E-state index in [9.17, 15) is 13.2 Å². The highest BCUT2D eigenvalue weighted by molar-refractivity contribution is 5.29. The third-order valence-corrected chi connectivity index (χ3v) is 3.76. The van der Waals surface area contributed by atoms with Gasteiger partial charge in [0, 0.05) is 18.6 Å². The number of hydrogen-bond donors (Lipinski definition) is 2. The second-order valence-electron chi connectivity index (χ2n) is 5.47. The van der Waals surface area contributed by atoms with Crippen molar-refractivity contribution in [1.82, 2.24) is 10.6 Å². The Hall–Kier alpha value is -1.07. The Balaban J connectivity index is 1.90. The summed E-state index contributed by atoms with van der Waals surface area (Å²) in [6.07, 6.45) is -0.984. The Morgan fingerprint density at radius 2 is 2.10 bits per heavy atom. The van der Waals surface area contributed by atoms with Gasteiger partial charge in [0.05, 0.1) is 5.56 Å². The van der Waals surface area contributed by atoms with Crippen LogP contribution in [-0.4, -0.2) is 18.6 Å². The molecule has 2 unspecified atom stereocenters. The molecule has 112 valence electrons. The number of halogens is 3. The van der Waals surface area contributed by atoms with Crippen molar-refractivity contribution in [3.63, 3.8) is 0 Å². The maximum absolute atomic E-state index is 12.9. The highest BCUT2D eigenvalue weighted by Crippen LogP contribution is 2.31. The van der Waals surface area contributed by atoms with Crippen molar-refractivity contribution >= 4 is 0 Å². The third kappa shape index (κ3) is 4.21. The van der Waals surface area contributed by atoms with Gasteiger partial charge < -0.3 is 10.6 Å². The van der Waals surface area contributed by atoms with E-state index in [1.807, 2.05) is 6.92 Å². The van der Waals surface area contributed by atoms with Crippen LogP contribution in [0.15, 0.2) is 24.3 Å². The van der Waals surface area contributed by atoms with Gasteiger partial charge in [-0.3, -0.25) is 0 Å². The number of alkyl halides is 3. The van der Waals surface area contributed by atoms with Crippen molar-refractivity contribution in [3.05, 3.63) is 35.4 Å². The first-order valence-corrected chi connectivity index (χ1v) is 7.08. The summed E-state index contributed by atoms with van der Waals surface area (Å²) in [7, 11) is 0. The Morgan fingerprint density at radius 3 is 2.75 bits per heavy atom. The van der Waals surface area contributed by atoms with E-state index < -0.39 is 11.7 Å². The molecule has 1 saturated heterocycles. The normalized spacial score (nSPS) is 21.1. The molecule has 0 amide bonds. The van der Waals surface area contributed by atoms with Crippen molar-refractivity contribution in [1.29, 1.82) is 0 Å². The smallest absolute Gasteiger partial charge is 0.314 e. The van der Waals surface area contributed by atoms with Gasteiger partial charge in [0.15, 0.2) is 0 Å². The lowest BCUT2D eigenvalue weighted by molar-refractivity contribution is -0.138. The molecule has 1 fully saturated rings. The number of benzene rings is 1. The molecule has 1 aromatic carbocycles. The standard InChI is InChI=1S/C15H21F3N2/c1-11(9-13-6-4-8-19-13)20-10-12-5-2-3-7-14(12)15(16,17)18/h2-3,5,7,11,13,19-20H,4,6,8-10H2,1H3. The maximum Gasteiger partial charge on any atom is 0.416 e. The summed E-state index contributed by atoms with van der Waals surface area (Å²) < 4.78 is 38.6. The minimum absolute atomic E-state index is 0.201. The summed E-state index contributed by atoms with van der Waals surface area (Å²) in [5.41, 5.74) is -0.232. The minimum Gasteiger partial charge on any atom is -0.314 e. The lowest BCUT2D eigenvalue weighted by atomic mass is 10.0. The van der Waals surface area contributed by atoms with Gasteiger partial charge in [-0.2, -0.15) is 13.2 Å². The molecule has 2 atom stereocenters. The van der Waals surface area contributed by atoms with E-state index in [0.717, 1.165) is 25.5 Å². The van der Waals surface area contributed by atoms with E-state index in [1.54, 1.807) is 6.07 Å². The molecule has 0 saturated carbocycles. The molecule has 0 radical (unpaired) electrons. The van der Waals surface area contributed by atoms with Gasteiger partial charge in [0.25, 0.3) is 0 Å². The predicted octanol–water partition coefficient (Wildman–Crippen LogP) is 3.33. The van der Waals surface area contributed by atoms with Gasteiger partial charge in [-0.1, -0.05) is 18.2 Å². The Labute approximate surface area is 117 Å². The molecule has 1 heterocycles. The quantitative estimate of drug-likeness (QED) is 0.867. The second-order valence-corrected chi connectivity index (χ2v) is 5.47. The highest BCUT2D eigenvalue weighted by atomic mass is 19.4. The van der Waals surface area contributed by atoms with E-state index in [-0.39, 0.29) is 12.6 Å². The lowest BCUT2D eigenvalue weighted by Gasteiger charge is -2.20. The first kappa shape index (κ1) is 15.3. The van der Waals surface area contributed by atoms with Crippen molar-refractivity contribution in [2.45, 2.75) is 51.0 Å². The largest absolute Gasteiger partial charge is 0.416 e. The van der Waals surface area contributed by atoms with Crippen LogP contribution in [0.5, 0.6) is 0 Å². The molecule has 5 heteroatoms. The van der Waals surface area contributed by atoms with Crippen LogP contribution >= 0.6 is 0 Å². The molecule has 2 N–H and O–H groups in total. The first-order chi connectivity index (χ1) is 9.47. The first-order valence-electron chi connectivity index (χ1n) is 7.08. The molecule has 1 aliphatic rings. The summed E-state index contributed by atoms with van der Waals surface area (Å²) in [5.74, 6) is 0. The monoisotopic (exact) mass is 286 g/mol. The molecular formula is C15H21F3N2. The molecule has 1 aromatic rings. The van der Waals surface area contributed by atoms with Gasteiger partial charge >= 0.3 is 6.18 Å². The fourth-order valence-electron chi connectivity index (χ4n) is 2.70. The highest BCUT2D eigenvalue weighted by Gasteiger charge is 2.32. The zero-order valence-corrected chi connectivity index (χ0v) is 11.6. The topological polar surface area (TPSA) is 24.1 Å². The summed E-state index contributed by atoms with van der Waals surface area (Å²) in [4.78, 5) is 0. The molecule has 1 aliphatic heterocycles. The van der Waals surface area contributed by atoms with Crippen LogP contribution in [0.1, 0.15) is 37.3 Å². The SMILES string of the molecule is CC(CC1CCCN1)NCc1ccccc1C(F)(F)F. The maximum atomic E-state index is 12.9. The Morgan fingerprint density at radius 1 is 1.35 bits per heavy atom. The van der Waals surface area contributed by atoms with Gasteiger partial charge in [0.1, 0.15) is 0 Å². The van der Waals surface area contributed by atoms with Gasteiger partial charge in [-0.15, -0.1) is 0 Å². The van der Waals surface area contributed by atoms with Crippen LogP contribution in [0.4, 0.5) is 13.2 Å². The number of nitrogens with one attached hydrogen (secondary N) is 2. The van der Waals surface area contributed by atoms with Gasteiger partial charge in [0.2, 0.25) is 0 Å². The van der Waals surface area contributed by atoms with Crippen molar-refractivity contribution in [2.24, 2.45) is 0 Å². The van der Waals surface area contributed by atoms with E-state index in [0.29, 0.717) is 11.6 Å². The molecular weight excluding hydrogens is 265 g/mol. The molecule has 0 aromatic heterocycles. The lowest BCUT2D eigenvalue weighted by Crippen LogP contribution is -2.33. The molecule has 2 nitrogen and oxygen atoms in total. The summed E-state index contributed by atoms with van der Waals surface area (Å²) >= 11 is 0. The summed E-state index contributed by atoms with van der Waals surface area (Å²) in [6.45, 7) is 3.33. The van der Waals surface area contributed by atoms with Crippen molar-refractivity contribution < 1.29 is 13.2 Å². The van der Waals surface area contributed by atoms with Crippen LogP contribution in [0.2, 0.25) is 0 Å². The fourth-order valence-corrected chi connectivity index (χ4v) is 2.70. The molecule has 20 heavy (non-hydrogen) atoms. The summed E-state index contributed by atoms with van der Waals surface area (Å²) in [5, 5.41) is 6.60. The van der Waals surface area contributed by atoms with Crippen LogP contribution in [-0.2, 0) is 12.7 Å². The molecule has 0 spiro atoms. The van der Waals surface area contributed by atoms with E-state index in [1.165, 1.54) is 18.6 Å². The predicted molar refractivity (Wildman–Crippen MR) is 73.4 cm³/mol. The number of rotatable bonds is 5. The minimum atomic E-state index is -4.28. The van der Waals surface area contributed by atoms with Crippen LogP contribution in [0, 0.1) is 0 Å². The van der Waals surface area contributed by atoms with E-state index in [2.05, 4.69) is 10.6 Å². The third-order valence-electron chi connectivity index (χ3n) is 3.76. The van der Waals surface area contributed by atoms with Gasteiger partial charge in [-0.25, -0.2) is 0 Å². The molecule has 0 aliphatic carbocycles. The van der Waals surface area contributed by atoms with E-state index in [4.69, 9.17) is 0 Å². The zero-order valence-electron chi connectivity index (χ0n) is 11.6. The van der Waals surface area contributed by atoms with Crippen molar-refractivity contribution in [2.75, 3.05) is 6.54 Å². The van der Waals surface area contributed by atoms with E-state index >= 15 is 0 Å². The molecule has 2 rings (SSSR count). The van der Waals surface area contributed by atoms with Crippen LogP contribution in [0.3, 0.4) is 0 Å².